The molecule has 1 heterocycles. The molecule has 1 spiro atoms. The lowest BCUT2D eigenvalue weighted by Gasteiger charge is -2.59. The minimum atomic E-state index is -1.23. The first-order valence-corrected chi connectivity index (χ1v) is 13.2. The van der Waals surface area contributed by atoms with Crippen LogP contribution in [0.1, 0.15) is 63.5 Å². The molecule has 5 rings (SSSR count). The van der Waals surface area contributed by atoms with Crippen LogP contribution in [0.5, 0.6) is 11.5 Å². The molecule has 3 aliphatic carbocycles. The summed E-state index contributed by atoms with van der Waals surface area (Å²) in [6.45, 7) is 2.60. The summed E-state index contributed by atoms with van der Waals surface area (Å²) >= 11 is 0. The van der Waals surface area contributed by atoms with Gasteiger partial charge in [0, 0.05) is 5.56 Å². The second kappa shape index (κ2) is 9.86. The fraction of sp³-hybridized carbons (Fsp3) is 0.571. The number of methoxy groups -OCH3 is 1. The molecule has 0 unspecified atom stereocenters. The van der Waals surface area contributed by atoms with Crippen molar-refractivity contribution in [3.63, 3.8) is 0 Å². The van der Waals surface area contributed by atoms with Gasteiger partial charge in [0.15, 0.2) is 23.7 Å². The average molecular weight is 544 g/mol. The molecule has 1 aromatic carbocycles. The molecular weight excluding hydrogens is 510 g/mol. The second-order valence-corrected chi connectivity index (χ2v) is 10.8. The van der Waals surface area contributed by atoms with E-state index in [-0.39, 0.29) is 18.8 Å². The molecule has 6 atom stereocenters. The first-order valence-electron chi connectivity index (χ1n) is 13.2. The topological polar surface area (TPSA) is 158 Å². The molecule has 1 fully saturated rings. The van der Waals surface area contributed by atoms with Gasteiger partial charge in [-0.2, -0.15) is 0 Å². The molecule has 3 N–H and O–H groups in total. The normalized spacial score (nSPS) is 29.1. The van der Waals surface area contributed by atoms with Crippen LogP contribution in [0.2, 0.25) is 0 Å². The van der Waals surface area contributed by atoms with Crippen LogP contribution in [0.3, 0.4) is 0 Å². The Bertz CT molecular complexity index is 1260. The van der Waals surface area contributed by atoms with Gasteiger partial charge in [-0.05, 0) is 63.2 Å². The summed E-state index contributed by atoms with van der Waals surface area (Å²) in [5.41, 5.74) is 0.274. The molecule has 210 valence electrons. The van der Waals surface area contributed by atoms with Gasteiger partial charge < -0.3 is 34.5 Å². The standard InChI is InChI=1S/C28H33NO10/c1-14(26(33)34)29-25(32)15(2)37-20(30)8-9-21(31)38-19-10-12-28(35)17-5-4-11-27(28)22-16(13-17)6-7-18(36-3)23(22)39-24(19)27/h6-7,10,14-15,17,24,35H,4-5,8-9,11-13H2,1-3H3,(H,29,32)(H,33,34)/t14-,15-,17-,24+,27+,28-/m0/s1. The molecule has 0 radical (unpaired) electrons. The predicted octanol–water partition coefficient (Wildman–Crippen LogP) is 1.91. The van der Waals surface area contributed by atoms with E-state index in [0.29, 0.717) is 30.1 Å². The fourth-order valence-electron chi connectivity index (χ4n) is 6.77. The maximum absolute atomic E-state index is 12.8. The molecule has 39 heavy (non-hydrogen) atoms. The molecule has 11 nitrogen and oxygen atoms in total. The van der Waals surface area contributed by atoms with Crippen molar-refractivity contribution in [2.24, 2.45) is 5.92 Å². The zero-order valence-electron chi connectivity index (χ0n) is 22.2. The number of benzene rings is 1. The third kappa shape index (κ3) is 4.23. The molecule has 1 saturated carbocycles. The molecule has 0 aromatic heterocycles. The first kappa shape index (κ1) is 27.0. The van der Waals surface area contributed by atoms with Gasteiger partial charge in [-0.25, -0.2) is 0 Å². The highest BCUT2D eigenvalue weighted by atomic mass is 16.6. The lowest BCUT2D eigenvalue weighted by molar-refractivity contribution is -0.162. The Morgan fingerprint density at radius 3 is 2.64 bits per heavy atom. The summed E-state index contributed by atoms with van der Waals surface area (Å²) in [5.74, 6) is -1.95. The SMILES string of the molecule is COc1ccc2c3c1O[C@@H]1C(OC(=O)CCC(=O)O[C@@H](C)C(=O)N[C@@H](C)C(=O)O)=CC[C@]4(O)[C@@H](CCC[C@@]314)C2. The molecule has 1 aliphatic heterocycles. The van der Waals surface area contributed by atoms with Gasteiger partial charge in [0.05, 0.1) is 31.0 Å². The molecular formula is C28H33NO10. The van der Waals surface area contributed by atoms with Gasteiger partial charge >= 0.3 is 17.9 Å². The van der Waals surface area contributed by atoms with Gasteiger partial charge in [-0.15, -0.1) is 0 Å². The van der Waals surface area contributed by atoms with E-state index < -0.39 is 53.1 Å². The van der Waals surface area contributed by atoms with Crippen LogP contribution in [0, 0.1) is 5.92 Å². The van der Waals surface area contributed by atoms with Crippen LogP contribution in [-0.2, 0) is 40.5 Å². The number of ether oxygens (including phenoxy) is 4. The van der Waals surface area contributed by atoms with Crippen LogP contribution in [-0.4, -0.2) is 65.0 Å². The maximum atomic E-state index is 12.8. The van der Waals surface area contributed by atoms with Gasteiger partial charge in [0.2, 0.25) is 0 Å². The minimum Gasteiger partial charge on any atom is -0.493 e. The molecule has 0 saturated heterocycles. The van der Waals surface area contributed by atoms with E-state index in [9.17, 15) is 24.3 Å². The summed E-state index contributed by atoms with van der Waals surface area (Å²) in [7, 11) is 1.56. The average Bonchev–Trinajstić information content (AvgIpc) is 3.24. The third-order valence-electron chi connectivity index (χ3n) is 8.64. The number of hydrogen-bond donors (Lipinski definition) is 3. The molecule has 1 aromatic rings. The summed E-state index contributed by atoms with van der Waals surface area (Å²) in [6, 6.07) is 2.76. The van der Waals surface area contributed by atoms with E-state index in [1.807, 2.05) is 12.1 Å². The molecule has 2 bridgehead atoms. The van der Waals surface area contributed by atoms with Crippen molar-refractivity contribution in [3.8, 4) is 11.5 Å². The Labute approximate surface area is 225 Å². The fourth-order valence-corrected chi connectivity index (χ4v) is 6.77. The Kier molecular flexibility index (Phi) is 6.82. The number of carbonyl (C=O) groups excluding carboxylic acids is 3. The van der Waals surface area contributed by atoms with Gasteiger partial charge in [-0.1, -0.05) is 12.5 Å². The van der Waals surface area contributed by atoms with E-state index in [1.165, 1.54) is 13.8 Å². The largest absolute Gasteiger partial charge is 0.493 e. The number of amides is 1. The molecule has 1 amide bonds. The number of aliphatic carboxylic acids is 1. The van der Waals surface area contributed by atoms with Crippen LogP contribution in [0.25, 0.3) is 0 Å². The van der Waals surface area contributed by atoms with Crippen molar-refractivity contribution in [1.82, 2.24) is 5.32 Å². The molecule has 11 heteroatoms. The highest BCUT2D eigenvalue weighted by molar-refractivity contribution is 5.87. The van der Waals surface area contributed by atoms with Crippen LogP contribution in [0.15, 0.2) is 24.0 Å². The van der Waals surface area contributed by atoms with E-state index in [4.69, 9.17) is 24.1 Å². The summed E-state index contributed by atoms with van der Waals surface area (Å²) in [5, 5.41) is 23.2. The Balaban J connectivity index is 1.27. The Hall–Kier alpha value is -3.60. The minimum absolute atomic E-state index is 0.0603. The van der Waals surface area contributed by atoms with E-state index >= 15 is 0 Å². The van der Waals surface area contributed by atoms with E-state index in [0.717, 1.165) is 30.4 Å². The Morgan fingerprint density at radius 2 is 1.92 bits per heavy atom. The van der Waals surface area contributed by atoms with Crippen molar-refractivity contribution in [2.75, 3.05) is 7.11 Å². The zero-order valence-corrected chi connectivity index (χ0v) is 22.2. The van der Waals surface area contributed by atoms with Crippen molar-refractivity contribution in [2.45, 2.75) is 88.1 Å². The number of aliphatic hydroxyl groups is 1. The first-order chi connectivity index (χ1) is 18.5. The van der Waals surface area contributed by atoms with Gasteiger partial charge in [0.1, 0.15) is 11.8 Å². The van der Waals surface area contributed by atoms with Crippen molar-refractivity contribution in [1.29, 1.82) is 0 Å². The van der Waals surface area contributed by atoms with Gasteiger partial charge in [-0.3, -0.25) is 19.2 Å². The van der Waals surface area contributed by atoms with Crippen molar-refractivity contribution >= 4 is 23.8 Å². The lowest BCUT2D eigenvalue weighted by atomic mass is 9.47. The number of carbonyl (C=O) groups is 4. The van der Waals surface area contributed by atoms with E-state index in [2.05, 4.69) is 5.32 Å². The third-order valence-corrected chi connectivity index (χ3v) is 8.64. The lowest BCUT2D eigenvalue weighted by Crippen LogP contribution is -2.67. The summed E-state index contributed by atoms with van der Waals surface area (Å²) in [6.07, 6.45) is 2.71. The van der Waals surface area contributed by atoms with Gasteiger partial charge in [0.25, 0.3) is 5.91 Å². The van der Waals surface area contributed by atoms with Crippen LogP contribution >= 0.6 is 0 Å². The Morgan fingerprint density at radius 1 is 1.18 bits per heavy atom. The number of carboxylic acids is 1. The predicted molar refractivity (Wildman–Crippen MR) is 134 cm³/mol. The maximum Gasteiger partial charge on any atom is 0.325 e. The van der Waals surface area contributed by atoms with Crippen molar-refractivity contribution in [3.05, 3.63) is 35.1 Å². The zero-order chi connectivity index (χ0) is 28.1. The highest BCUT2D eigenvalue weighted by Gasteiger charge is 2.70. The quantitative estimate of drug-likeness (QED) is 0.393. The monoisotopic (exact) mass is 543 g/mol. The van der Waals surface area contributed by atoms with E-state index in [1.54, 1.807) is 13.2 Å². The number of hydrogen-bond acceptors (Lipinski definition) is 9. The smallest absolute Gasteiger partial charge is 0.325 e. The van der Waals surface area contributed by atoms with Crippen LogP contribution in [0.4, 0.5) is 0 Å². The second-order valence-electron chi connectivity index (χ2n) is 10.8. The van der Waals surface area contributed by atoms with Crippen molar-refractivity contribution < 1.29 is 48.3 Å². The number of carboxylic acid groups (broad SMARTS) is 1. The summed E-state index contributed by atoms with van der Waals surface area (Å²) < 4.78 is 22.7. The van der Waals surface area contributed by atoms with Crippen LogP contribution < -0.4 is 14.8 Å². The number of rotatable bonds is 9. The highest BCUT2D eigenvalue weighted by Crippen LogP contribution is 2.67. The molecule has 4 aliphatic rings. The summed E-state index contributed by atoms with van der Waals surface area (Å²) in [4.78, 5) is 47.9. The number of esters is 2. The number of nitrogens with one attached hydrogen (secondary N) is 1.